The molecule has 1 atom stereocenters. The minimum atomic E-state index is -0.398. The molecule has 3 amide bonds. The molecule has 0 aliphatic carbocycles. The Kier molecular flexibility index (Phi) is 6.31. The number of rotatable bonds is 5. The number of piperazine rings is 1. The minimum absolute atomic E-state index is 0.0333. The summed E-state index contributed by atoms with van der Waals surface area (Å²) in [6.45, 7) is 3.47. The van der Waals surface area contributed by atoms with Gasteiger partial charge >= 0.3 is 0 Å². The average molecular weight is 332 g/mol. The molecule has 24 heavy (non-hydrogen) atoms. The normalized spacial score (nSPS) is 18.1. The van der Waals surface area contributed by atoms with E-state index in [-0.39, 0.29) is 24.3 Å². The van der Waals surface area contributed by atoms with Gasteiger partial charge in [-0.25, -0.2) is 0 Å². The van der Waals surface area contributed by atoms with Gasteiger partial charge < -0.3 is 15.5 Å². The van der Waals surface area contributed by atoms with E-state index in [9.17, 15) is 14.4 Å². The first-order chi connectivity index (χ1) is 11.5. The van der Waals surface area contributed by atoms with E-state index < -0.39 is 6.04 Å². The largest absolute Gasteiger partial charge is 0.358 e. The van der Waals surface area contributed by atoms with Crippen LogP contribution in [0.15, 0.2) is 30.3 Å². The van der Waals surface area contributed by atoms with Crippen LogP contribution in [0.4, 0.5) is 0 Å². The third-order valence-electron chi connectivity index (χ3n) is 4.11. The van der Waals surface area contributed by atoms with Crippen molar-refractivity contribution in [3.8, 4) is 0 Å². The van der Waals surface area contributed by atoms with E-state index in [1.54, 1.807) is 11.9 Å². The second kappa shape index (κ2) is 8.44. The molecule has 7 nitrogen and oxygen atoms in total. The number of nitrogens with zero attached hydrogens (tertiary/aromatic N) is 2. The topological polar surface area (TPSA) is 81.8 Å². The van der Waals surface area contributed by atoms with Crippen molar-refractivity contribution in [3.05, 3.63) is 35.9 Å². The van der Waals surface area contributed by atoms with Crippen LogP contribution in [0.1, 0.15) is 12.5 Å². The molecule has 1 aliphatic heterocycles. The van der Waals surface area contributed by atoms with Crippen molar-refractivity contribution in [3.63, 3.8) is 0 Å². The maximum Gasteiger partial charge on any atom is 0.242 e. The van der Waals surface area contributed by atoms with Gasteiger partial charge in [-0.1, -0.05) is 30.3 Å². The number of hydrogen-bond acceptors (Lipinski definition) is 4. The van der Waals surface area contributed by atoms with E-state index >= 15 is 0 Å². The van der Waals surface area contributed by atoms with Gasteiger partial charge in [0.2, 0.25) is 17.7 Å². The Morgan fingerprint density at radius 3 is 2.50 bits per heavy atom. The lowest BCUT2D eigenvalue weighted by Crippen LogP contribution is -2.60. The standard InChI is InChI=1S/C17H24N4O3/c1-13(22)19-10-16(23)21-9-8-20(15(12-21)17(24)18-2)11-14-6-4-3-5-7-14/h3-7,15H,8-12H2,1-2H3,(H,18,24)(H,19,22)/t15-/m1/s1. The van der Waals surface area contributed by atoms with Crippen LogP contribution in [0.25, 0.3) is 0 Å². The lowest BCUT2D eigenvalue weighted by atomic mass is 10.1. The predicted molar refractivity (Wildman–Crippen MR) is 90.0 cm³/mol. The lowest BCUT2D eigenvalue weighted by molar-refractivity contribution is -0.138. The van der Waals surface area contributed by atoms with Crippen molar-refractivity contribution in [2.24, 2.45) is 0 Å². The fourth-order valence-corrected chi connectivity index (χ4v) is 2.78. The molecule has 7 heteroatoms. The molecule has 0 unspecified atom stereocenters. The second-order valence-electron chi connectivity index (χ2n) is 5.84. The lowest BCUT2D eigenvalue weighted by Gasteiger charge is -2.40. The molecule has 1 heterocycles. The summed E-state index contributed by atoms with van der Waals surface area (Å²) < 4.78 is 0. The number of carbonyl (C=O) groups excluding carboxylic acids is 3. The first-order valence-electron chi connectivity index (χ1n) is 8.03. The van der Waals surface area contributed by atoms with Gasteiger partial charge in [-0.2, -0.15) is 0 Å². The van der Waals surface area contributed by atoms with Crippen molar-refractivity contribution in [2.45, 2.75) is 19.5 Å². The smallest absolute Gasteiger partial charge is 0.242 e. The van der Waals surface area contributed by atoms with Gasteiger partial charge in [0.05, 0.1) is 6.54 Å². The molecule has 0 spiro atoms. The molecule has 0 radical (unpaired) electrons. The minimum Gasteiger partial charge on any atom is -0.358 e. The van der Waals surface area contributed by atoms with Gasteiger partial charge in [-0.15, -0.1) is 0 Å². The molecule has 2 rings (SSSR count). The SMILES string of the molecule is CNC(=O)[C@H]1CN(C(=O)CNC(C)=O)CCN1Cc1ccccc1. The Bertz CT molecular complexity index is 591. The number of hydrogen-bond donors (Lipinski definition) is 2. The number of likely N-dealkylation sites (N-methyl/N-ethyl adjacent to an activating group) is 1. The van der Waals surface area contributed by atoms with Crippen LogP contribution in [0.3, 0.4) is 0 Å². The van der Waals surface area contributed by atoms with Gasteiger partial charge in [-0.3, -0.25) is 19.3 Å². The summed E-state index contributed by atoms with van der Waals surface area (Å²) in [7, 11) is 1.60. The van der Waals surface area contributed by atoms with Crippen LogP contribution in [-0.2, 0) is 20.9 Å². The molecular formula is C17H24N4O3. The molecule has 1 fully saturated rings. The molecule has 1 aromatic carbocycles. The third-order valence-corrected chi connectivity index (χ3v) is 4.11. The highest BCUT2D eigenvalue weighted by Crippen LogP contribution is 2.14. The van der Waals surface area contributed by atoms with Crippen molar-refractivity contribution in [1.29, 1.82) is 0 Å². The monoisotopic (exact) mass is 332 g/mol. The maximum atomic E-state index is 12.2. The highest BCUT2D eigenvalue weighted by Gasteiger charge is 2.33. The van der Waals surface area contributed by atoms with Gasteiger partial charge in [-0.05, 0) is 5.56 Å². The van der Waals surface area contributed by atoms with Crippen LogP contribution < -0.4 is 10.6 Å². The van der Waals surface area contributed by atoms with Gasteiger partial charge in [0.15, 0.2) is 0 Å². The highest BCUT2D eigenvalue weighted by molar-refractivity contribution is 5.86. The highest BCUT2D eigenvalue weighted by atomic mass is 16.2. The Morgan fingerprint density at radius 2 is 1.88 bits per heavy atom. The Labute approximate surface area is 142 Å². The van der Waals surface area contributed by atoms with Crippen LogP contribution in [-0.4, -0.2) is 66.8 Å². The summed E-state index contributed by atoms with van der Waals surface area (Å²) in [4.78, 5) is 39.1. The summed E-state index contributed by atoms with van der Waals surface area (Å²) in [5.41, 5.74) is 1.13. The summed E-state index contributed by atoms with van der Waals surface area (Å²) in [6.07, 6.45) is 0. The zero-order chi connectivity index (χ0) is 17.5. The number of carbonyl (C=O) groups is 3. The molecule has 0 aromatic heterocycles. The molecule has 1 saturated heterocycles. The van der Waals surface area contributed by atoms with Crippen LogP contribution in [0.2, 0.25) is 0 Å². The number of amides is 3. The van der Waals surface area contributed by atoms with E-state index in [1.807, 2.05) is 30.3 Å². The number of nitrogens with one attached hydrogen (secondary N) is 2. The average Bonchev–Trinajstić information content (AvgIpc) is 2.60. The Morgan fingerprint density at radius 1 is 1.17 bits per heavy atom. The predicted octanol–water partition coefficient (Wildman–Crippen LogP) is -0.418. The van der Waals surface area contributed by atoms with E-state index in [4.69, 9.17) is 0 Å². The fraction of sp³-hybridized carbons (Fsp3) is 0.471. The first-order valence-corrected chi connectivity index (χ1v) is 8.03. The fourth-order valence-electron chi connectivity index (χ4n) is 2.78. The molecule has 1 aliphatic rings. The molecular weight excluding hydrogens is 308 g/mol. The zero-order valence-electron chi connectivity index (χ0n) is 14.1. The van der Waals surface area contributed by atoms with Crippen LogP contribution in [0.5, 0.6) is 0 Å². The zero-order valence-corrected chi connectivity index (χ0v) is 14.1. The first kappa shape index (κ1) is 17.9. The van der Waals surface area contributed by atoms with Gasteiger partial charge in [0, 0.05) is 40.2 Å². The molecule has 0 saturated carbocycles. The molecule has 0 bridgehead atoms. The molecule has 1 aromatic rings. The van der Waals surface area contributed by atoms with E-state index in [0.717, 1.165) is 5.56 Å². The van der Waals surface area contributed by atoms with E-state index in [1.165, 1.54) is 6.92 Å². The Balaban J connectivity index is 2.03. The maximum absolute atomic E-state index is 12.2. The summed E-state index contributed by atoms with van der Waals surface area (Å²) >= 11 is 0. The second-order valence-corrected chi connectivity index (χ2v) is 5.84. The third kappa shape index (κ3) is 4.79. The summed E-state index contributed by atoms with van der Waals surface area (Å²) in [6, 6.07) is 9.54. The van der Waals surface area contributed by atoms with Crippen molar-refractivity contribution in [1.82, 2.24) is 20.4 Å². The van der Waals surface area contributed by atoms with Crippen LogP contribution >= 0.6 is 0 Å². The number of benzene rings is 1. The van der Waals surface area contributed by atoms with E-state index in [2.05, 4.69) is 15.5 Å². The van der Waals surface area contributed by atoms with Gasteiger partial charge in [0.1, 0.15) is 6.04 Å². The van der Waals surface area contributed by atoms with E-state index in [0.29, 0.717) is 26.2 Å². The van der Waals surface area contributed by atoms with Crippen molar-refractivity contribution < 1.29 is 14.4 Å². The quantitative estimate of drug-likeness (QED) is 0.767. The summed E-state index contributed by atoms with van der Waals surface area (Å²) in [5, 5.41) is 5.18. The van der Waals surface area contributed by atoms with Crippen molar-refractivity contribution in [2.75, 3.05) is 33.2 Å². The van der Waals surface area contributed by atoms with Gasteiger partial charge in [0.25, 0.3) is 0 Å². The molecule has 130 valence electrons. The Hall–Kier alpha value is -2.41. The van der Waals surface area contributed by atoms with Crippen molar-refractivity contribution >= 4 is 17.7 Å². The van der Waals surface area contributed by atoms with Crippen LogP contribution in [0, 0.1) is 0 Å². The molecule has 2 N–H and O–H groups in total. The summed E-state index contributed by atoms with van der Waals surface area (Å²) in [5.74, 6) is -0.518.